The summed E-state index contributed by atoms with van der Waals surface area (Å²) in [7, 11) is -2.75. The van der Waals surface area contributed by atoms with Gasteiger partial charge in [-0.1, -0.05) is 27.0 Å². The van der Waals surface area contributed by atoms with Gasteiger partial charge in [0.2, 0.25) is 0 Å². The molecule has 0 N–H and O–H groups in total. The van der Waals surface area contributed by atoms with Crippen LogP contribution in [0.5, 0.6) is 0 Å². The van der Waals surface area contributed by atoms with E-state index in [9.17, 15) is 9.59 Å². The zero-order valence-corrected chi connectivity index (χ0v) is 10.1. The minimum absolute atomic E-state index is 0.517. The van der Waals surface area contributed by atoms with Crippen LogP contribution >= 0.6 is 0 Å². The molecule has 4 nitrogen and oxygen atoms in total. The molecule has 5 heteroatoms. The Morgan fingerprint density at radius 2 is 1.40 bits per heavy atom. The highest BCUT2D eigenvalue weighted by atomic mass is 28.4. The monoisotopic (exact) mass is 228 g/mol. The van der Waals surface area contributed by atoms with Crippen LogP contribution in [0.15, 0.2) is 25.3 Å². The predicted octanol–water partition coefficient (Wildman–Crippen LogP) is 1.93. The van der Waals surface area contributed by atoms with E-state index in [4.69, 9.17) is 8.85 Å². The van der Waals surface area contributed by atoms with Gasteiger partial charge < -0.3 is 8.85 Å². The Bertz CT molecular complexity index is 245. The molecule has 0 radical (unpaired) electrons. The van der Waals surface area contributed by atoms with Crippen molar-refractivity contribution in [2.24, 2.45) is 0 Å². The van der Waals surface area contributed by atoms with Gasteiger partial charge in [0.1, 0.15) is 0 Å². The van der Waals surface area contributed by atoms with Crippen LogP contribution in [0.4, 0.5) is 0 Å². The molecule has 0 amide bonds. The summed E-state index contributed by atoms with van der Waals surface area (Å²) in [6, 6.07) is 1.03. The van der Waals surface area contributed by atoms with Crippen molar-refractivity contribution < 1.29 is 18.4 Å². The average Bonchev–Trinajstić information content (AvgIpc) is 2.27. The molecule has 0 aliphatic heterocycles. The minimum atomic E-state index is -2.75. The lowest BCUT2D eigenvalue weighted by Gasteiger charge is -2.26. The van der Waals surface area contributed by atoms with Gasteiger partial charge in [-0.3, -0.25) is 0 Å². The smallest absolute Gasteiger partial charge is 0.464 e. The molecule has 0 aromatic heterocycles. The summed E-state index contributed by atoms with van der Waals surface area (Å²) in [5.41, 5.74) is 0. The van der Waals surface area contributed by atoms with E-state index < -0.39 is 20.5 Å². The second-order valence-corrected chi connectivity index (χ2v) is 6.51. The van der Waals surface area contributed by atoms with Crippen LogP contribution in [-0.2, 0) is 18.4 Å². The summed E-state index contributed by atoms with van der Waals surface area (Å²) in [6.45, 7) is 10.2. The zero-order valence-electron chi connectivity index (χ0n) is 9.12. The van der Waals surface area contributed by atoms with Gasteiger partial charge in [-0.25, -0.2) is 9.59 Å². The third-order valence-corrected chi connectivity index (χ3v) is 5.28. The molecule has 0 spiro atoms. The molecule has 84 valence electrons. The third kappa shape index (κ3) is 4.12. The number of hydrogen-bond donors (Lipinski definition) is 0. The Morgan fingerprint density at radius 3 is 1.60 bits per heavy atom. The van der Waals surface area contributed by atoms with Crippen molar-refractivity contribution in [3.8, 4) is 0 Å². The highest BCUT2D eigenvalue weighted by molar-refractivity contribution is 6.70. The fourth-order valence-corrected chi connectivity index (χ4v) is 3.03. The van der Waals surface area contributed by atoms with Crippen LogP contribution < -0.4 is 0 Å². The van der Waals surface area contributed by atoms with E-state index in [-0.39, 0.29) is 0 Å². The van der Waals surface area contributed by atoms with Gasteiger partial charge in [-0.05, 0) is 0 Å². The first kappa shape index (κ1) is 13.6. The molecule has 0 aliphatic carbocycles. The molecular weight excluding hydrogens is 212 g/mol. The summed E-state index contributed by atoms with van der Waals surface area (Å²) in [6.07, 6.45) is 2.13. The molecule has 0 aromatic carbocycles. The van der Waals surface area contributed by atoms with Crippen molar-refractivity contribution in [1.82, 2.24) is 0 Å². The zero-order chi connectivity index (χ0) is 11.9. The summed E-state index contributed by atoms with van der Waals surface area (Å²) >= 11 is 0. The minimum Gasteiger partial charge on any atom is -0.482 e. The molecule has 0 fully saturated rings. The van der Waals surface area contributed by atoms with Crippen LogP contribution in [-0.4, -0.2) is 20.5 Å². The highest BCUT2D eigenvalue weighted by Crippen LogP contribution is 2.19. The Morgan fingerprint density at radius 1 is 1.07 bits per heavy atom. The lowest BCUT2D eigenvalue weighted by Crippen LogP contribution is -2.43. The number of carbonyl (C=O) groups excluding carboxylic acids is 2. The van der Waals surface area contributed by atoms with E-state index in [2.05, 4.69) is 13.2 Å². The van der Waals surface area contributed by atoms with Gasteiger partial charge in [0.05, 0.1) is 0 Å². The van der Waals surface area contributed by atoms with Crippen LogP contribution in [0.1, 0.15) is 13.8 Å². The van der Waals surface area contributed by atoms with E-state index in [1.165, 1.54) is 0 Å². The van der Waals surface area contributed by atoms with Crippen molar-refractivity contribution in [2.75, 3.05) is 0 Å². The maximum Gasteiger partial charge on any atom is 0.464 e. The van der Waals surface area contributed by atoms with Crippen LogP contribution in [0, 0.1) is 0 Å². The molecule has 0 aromatic rings. The van der Waals surface area contributed by atoms with Crippen molar-refractivity contribution >= 4 is 20.5 Å². The maximum absolute atomic E-state index is 11.1. The second-order valence-electron chi connectivity index (χ2n) is 2.87. The van der Waals surface area contributed by atoms with Crippen LogP contribution in [0.3, 0.4) is 0 Å². The first-order chi connectivity index (χ1) is 7.03. The molecule has 0 unspecified atom stereocenters. The molecule has 0 bridgehead atoms. The largest absolute Gasteiger partial charge is 0.482 e. The van der Waals surface area contributed by atoms with Crippen LogP contribution in [0.25, 0.3) is 0 Å². The van der Waals surface area contributed by atoms with Crippen molar-refractivity contribution in [1.29, 1.82) is 0 Å². The predicted molar refractivity (Wildman–Crippen MR) is 59.3 cm³/mol. The Kier molecular flexibility index (Phi) is 5.62. The van der Waals surface area contributed by atoms with E-state index in [1.807, 2.05) is 13.8 Å². The third-order valence-electron chi connectivity index (χ3n) is 1.98. The SMILES string of the molecule is C=CC(=O)O[Si](CC)(CC)OC(=O)C=C. The van der Waals surface area contributed by atoms with E-state index in [0.717, 1.165) is 12.2 Å². The van der Waals surface area contributed by atoms with Crippen molar-refractivity contribution in [2.45, 2.75) is 25.9 Å². The first-order valence-electron chi connectivity index (χ1n) is 4.74. The standard InChI is InChI=1S/C10H16O4Si/c1-5-9(11)13-15(7-3,8-4)14-10(12)6-2/h5-6H,1-2,7-8H2,3-4H3. The number of hydrogen-bond acceptors (Lipinski definition) is 4. The molecule has 0 heterocycles. The lowest BCUT2D eigenvalue weighted by atomic mass is 10.7. The summed E-state index contributed by atoms with van der Waals surface area (Å²) in [5.74, 6) is -1.11. The number of rotatable bonds is 6. The Labute approximate surface area is 90.8 Å². The summed E-state index contributed by atoms with van der Waals surface area (Å²) in [4.78, 5) is 22.2. The highest BCUT2D eigenvalue weighted by Gasteiger charge is 2.40. The number of carbonyl (C=O) groups is 2. The van der Waals surface area contributed by atoms with Crippen molar-refractivity contribution in [3.05, 3.63) is 25.3 Å². The molecule has 0 atom stereocenters. The lowest BCUT2D eigenvalue weighted by molar-refractivity contribution is -0.135. The normalized spacial score (nSPS) is 10.3. The summed E-state index contributed by atoms with van der Waals surface area (Å²) < 4.78 is 10.3. The van der Waals surface area contributed by atoms with Gasteiger partial charge >= 0.3 is 20.5 Å². The van der Waals surface area contributed by atoms with Gasteiger partial charge in [-0.15, -0.1) is 0 Å². The van der Waals surface area contributed by atoms with E-state index in [0.29, 0.717) is 12.1 Å². The quantitative estimate of drug-likeness (QED) is 0.515. The fraction of sp³-hybridized carbons (Fsp3) is 0.400. The molecule has 0 saturated carbocycles. The maximum atomic E-state index is 11.1. The van der Waals surface area contributed by atoms with Gasteiger partial charge in [0.15, 0.2) is 0 Å². The molecule has 0 aliphatic rings. The molecule has 0 saturated heterocycles. The Balaban J connectivity index is 4.70. The van der Waals surface area contributed by atoms with Crippen LogP contribution in [0.2, 0.25) is 12.1 Å². The van der Waals surface area contributed by atoms with E-state index in [1.54, 1.807) is 0 Å². The van der Waals surface area contributed by atoms with Gasteiger partial charge in [0.25, 0.3) is 0 Å². The van der Waals surface area contributed by atoms with E-state index >= 15 is 0 Å². The fourth-order valence-electron chi connectivity index (χ4n) is 1.01. The second kappa shape index (κ2) is 6.18. The summed E-state index contributed by atoms with van der Waals surface area (Å²) in [5, 5.41) is 0. The van der Waals surface area contributed by atoms with Gasteiger partial charge in [-0.2, -0.15) is 0 Å². The molecular formula is C10H16O4Si. The molecule has 15 heavy (non-hydrogen) atoms. The first-order valence-corrected chi connectivity index (χ1v) is 6.97. The topological polar surface area (TPSA) is 52.6 Å². The van der Waals surface area contributed by atoms with Gasteiger partial charge in [0, 0.05) is 24.2 Å². The molecule has 0 rings (SSSR count). The Hall–Kier alpha value is -1.36. The average molecular weight is 228 g/mol. The van der Waals surface area contributed by atoms with Crippen molar-refractivity contribution in [3.63, 3.8) is 0 Å².